The molecule has 0 bridgehead atoms. The summed E-state index contributed by atoms with van der Waals surface area (Å²) in [6, 6.07) is 8.94. The van der Waals surface area contributed by atoms with Crippen LogP contribution in [0.3, 0.4) is 0 Å². The van der Waals surface area contributed by atoms with Crippen molar-refractivity contribution in [1.29, 1.82) is 0 Å². The second-order valence-corrected chi connectivity index (χ2v) is 10.4. The van der Waals surface area contributed by atoms with E-state index in [1.54, 1.807) is 0 Å². The molecule has 3 heterocycles. The van der Waals surface area contributed by atoms with Crippen LogP contribution in [0.4, 0.5) is 11.8 Å². The van der Waals surface area contributed by atoms with E-state index in [0.717, 1.165) is 94.2 Å². The molecule has 1 aliphatic rings. The Morgan fingerprint density at radius 1 is 0.949 bits per heavy atom. The maximum absolute atomic E-state index is 4.93. The Kier molecular flexibility index (Phi) is 11.7. The van der Waals surface area contributed by atoms with E-state index in [0.29, 0.717) is 18.5 Å². The summed E-state index contributed by atoms with van der Waals surface area (Å²) in [7, 11) is 0. The quantitative estimate of drug-likeness (QED) is 0.224. The van der Waals surface area contributed by atoms with Crippen molar-refractivity contribution in [2.24, 2.45) is 0 Å². The summed E-state index contributed by atoms with van der Waals surface area (Å²) in [6.07, 6.45) is 7.93. The van der Waals surface area contributed by atoms with E-state index >= 15 is 0 Å². The third kappa shape index (κ3) is 8.84. The van der Waals surface area contributed by atoms with Gasteiger partial charge in [-0.1, -0.05) is 44.5 Å². The van der Waals surface area contributed by atoms with Crippen LogP contribution in [-0.4, -0.2) is 88.3 Å². The predicted octanol–water partition coefficient (Wildman–Crippen LogP) is 3.51. The van der Waals surface area contributed by atoms with Crippen LogP contribution in [0.25, 0.3) is 10.9 Å². The third-order valence-corrected chi connectivity index (χ3v) is 7.55. The van der Waals surface area contributed by atoms with Crippen LogP contribution in [0.1, 0.15) is 58.6 Å². The van der Waals surface area contributed by atoms with Gasteiger partial charge in [-0.15, -0.1) is 5.10 Å². The fourth-order valence-electron chi connectivity index (χ4n) is 5.16. The molecule has 214 valence electrons. The van der Waals surface area contributed by atoms with Gasteiger partial charge in [-0.25, -0.2) is 4.98 Å². The van der Waals surface area contributed by atoms with E-state index in [-0.39, 0.29) is 0 Å². The minimum atomic E-state index is 0.545. The lowest BCUT2D eigenvalue weighted by atomic mass is 10.1. The normalized spacial score (nSPS) is 15.2. The van der Waals surface area contributed by atoms with Crippen molar-refractivity contribution in [3.8, 4) is 0 Å². The molecule has 0 radical (unpaired) electrons. The smallest absolute Gasteiger partial charge is 0.225 e. The molecule has 1 fully saturated rings. The number of nitrogens with one attached hydrogen (secondary N) is 3. The first-order valence-electron chi connectivity index (χ1n) is 15.0. The number of para-hydroxylation sites is 1. The zero-order chi connectivity index (χ0) is 27.3. The first-order valence-corrected chi connectivity index (χ1v) is 15.0. The van der Waals surface area contributed by atoms with Crippen molar-refractivity contribution in [3.05, 3.63) is 36.2 Å². The van der Waals surface area contributed by atoms with Crippen LogP contribution in [0.15, 0.2) is 30.5 Å². The van der Waals surface area contributed by atoms with Crippen LogP contribution in [0.5, 0.6) is 0 Å². The molecule has 3 N–H and O–H groups in total. The van der Waals surface area contributed by atoms with Gasteiger partial charge in [0.05, 0.1) is 18.3 Å². The number of piperazine rings is 1. The van der Waals surface area contributed by atoms with E-state index in [4.69, 9.17) is 9.97 Å². The molecule has 10 nitrogen and oxygen atoms in total. The predicted molar refractivity (Wildman–Crippen MR) is 160 cm³/mol. The molecule has 1 aromatic carbocycles. The lowest BCUT2D eigenvalue weighted by molar-refractivity contribution is 0.271. The fraction of sp³-hybridized carbons (Fsp3) is 0.655. The molecule has 1 saturated heterocycles. The number of hydrogen-bond acceptors (Lipinski definition) is 9. The standard InChI is InChI=1S/C29H48N10/c1-4-11-24(5-2)31-16-9-14-30-15-10-17-39-23-25(35-36-39)22-32-29-33-27-13-8-7-12-26(27)28(34-29)38-20-18-37(6-3)19-21-38/h7-8,12-13,23-24,30-31H,4-6,9-11,14-22H2,1-3H3,(H,32,33,34). The number of likely N-dealkylation sites (N-methyl/N-ethyl adjacent to an activating group) is 1. The lowest BCUT2D eigenvalue weighted by Crippen LogP contribution is -2.46. The molecule has 0 saturated carbocycles. The molecule has 1 aliphatic heterocycles. The van der Waals surface area contributed by atoms with E-state index in [9.17, 15) is 0 Å². The van der Waals surface area contributed by atoms with Crippen LogP contribution >= 0.6 is 0 Å². The highest BCUT2D eigenvalue weighted by Gasteiger charge is 2.20. The number of rotatable bonds is 17. The van der Waals surface area contributed by atoms with Gasteiger partial charge in [0.2, 0.25) is 5.95 Å². The zero-order valence-corrected chi connectivity index (χ0v) is 24.2. The van der Waals surface area contributed by atoms with Gasteiger partial charge in [-0.3, -0.25) is 4.68 Å². The maximum Gasteiger partial charge on any atom is 0.225 e. The molecule has 10 heteroatoms. The van der Waals surface area contributed by atoms with Gasteiger partial charge in [0, 0.05) is 44.2 Å². The average molecular weight is 537 g/mol. The van der Waals surface area contributed by atoms with E-state index < -0.39 is 0 Å². The van der Waals surface area contributed by atoms with Crippen molar-refractivity contribution in [2.75, 3.05) is 62.6 Å². The molecule has 39 heavy (non-hydrogen) atoms. The first-order chi connectivity index (χ1) is 19.2. The Balaban J connectivity index is 1.21. The summed E-state index contributed by atoms with van der Waals surface area (Å²) in [5.41, 5.74) is 1.85. The van der Waals surface area contributed by atoms with E-state index in [1.165, 1.54) is 19.3 Å². The second-order valence-electron chi connectivity index (χ2n) is 10.4. The Labute approximate surface area is 234 Å². The number of fused-ring (bicyclic) bond motifs is 1. The first kappa shape index (κ1) is 29.2. The Morgan fingerprint density at radius 3 is 2.56 bits per heavy atom. The number of anilines is 2. The van der Waals surface area contributed by atoms with Gasteiger partial charge in [-0.2, -0.15) is 4.98 Å². The zero-order valence-electron chi connectivity index (χ0n) is 24.2. The fourth-order valence-corrected chi connectivity index (χ4v) is 5.16. The minimum Gasteiger partial charge on any atom is -0.353 e. The van der Waals surface area contributed by atoms with Crippen molar-refractivity contribution < 1.29 is 0 Å². The second kappa shape index (κ2) is 15.7. The van der Waals surface area contributed by atoms with Gasteiger partial charge in [0.15, 0.2) is 0 Å². The van der Waals surface area contributed by atoms with Gasteiger partial charge in [-0.05, 0) is 64.0 Å². The highest BCUT2D eigenvalue weighted by molar-refractivity contribution is 5.90. The minimum absolute atomic E-state index is 0.545. The van der Waals surface area contributed by atoms with Gasteiger partial charge in [0.25, 0.3) is 0 Å². The monoisotopic (exact) mass is 536 g/mol. The Hall–Kier alpha value is -2.82. The molecule has 3 aromatic rings. The highest BCUT2D eigenvalue weighted by atomic mass is 15.4. The molecule has 0 aliphatic carbocycles. The maximum atomic E-state index is 4.93. The van der Waals surface area contributed by atoms with Crippen LogP contribution < -0.4 is 20.9 Å². The van der Waals surface area contributed by atoms with Gasteiger partial charge >= 0.3 is 0 Å². The Bertz CT molecular complexity index is 1110. The molecule has 0 spiro atoms. The molecule has 2 aromatic heterocycles. The van der Waals surface area contributed by atoms with Crippen LogP contribution in [-0.2, 0) is 13.1 Å². The van der Waals surface area contributed by atoms with Crippen molar-refractivity contribution in [1.82, 2.24) is 40.5 Å². The number of aromatic nitrogens is 5. The summed E-state index contributed by atoms with van der Waals surface area (Å²) >= 11 is 0. The number of hydrogen-bond donors (Lipinski definition) is 3. The number of aryl methyl sites for hydroxylation is 1. The van der Waals surface area contributed by atoms with Crippen molar-refractivity contribution in [3.63, 3.8) is 0 Å². The summed E-state index contributed by atoms with van der Waals surface area (Å²) in [5.74, 6) is 1.65. The van der Waals surface area contributed by atoms with Crippen molar-refractivity contribution >= 4 is 22.7 Å². The number of benzene rings is 1. The molecular formula is C29H48N10. The molecule has 1 unspecified atom stereocenters. The van der Waals surface area contributed by atoms with Gasteiger partial charge < -0.3 is 25.8 Å². The topological polar surface area (TPSA) is 99.1 Å². The van der Waals surface area contributed by atoms with E-state index in [1.807, 2.05) is 16.9 Å². The summed E-state index contributed by atoms with van der Waals surface area (Å²) < 4.78 is 1.93. The lowest BCUT2D eigenvalue weighted by Gasteiger charge is -2.35. The average Bonchev–Trinajstić information content (AvgIpc) is 3.44. The summed E-state index contributed by atoms with van der Waals surface area (Å²) in [5, 5.41) is 20.4. The largest absolute Gasteiger partial charge is 0.353 e. The highest BCUT2D eigenvalue weighted by Crippen LogP contribution is 2.26. The van der Waals surface area contributed by atoms with Crippen molar-refractivity contribution in [2.45, 2.75) is 72.0 Å². The summed E-state index contributed by atoms with van der Waals surface area (Å²) in [6.45, 7) is 16.4. The molecule has 1 atom stereocenters. The van der Waals surface area contributed by atoms with E-state index in [2.05, 4.69) is 75.0 Å². The Morgan fingerprint density at radius 2 is 1.77 bits per heavy atom. The molecular weight excluding hydrogens is 488 g/mol. The number of nitrogens with zero attached hydrogens (tertiary/aromatic N) is 7. The van der Waals surface area contributed by atoms with Crippen LogP contribution in [0.2, 0.25) is 0 Å². The molecule has 4 rings (SSSR count). The SMILES string of the molecule is CCCC(CC)NCCCNCCCn1cc(CNc2nc(N3CCN(CC)CC3)c3ccccc3n2)nn1. The third-order valence-electron chi connectivity index (χ3n) is 7.55. The summed E-state index contributed by atoms with van der Waals surface area (Å²) in [4.78, 5) is 14.6. The van der Waals surface area contributed by atoms with Crippen LogP contribution in [0, 0.1) is 0 Å². The molecule has 0 amide bonds. The van der Waals surface area contributed by atoms with Gasteiger partial charge in [0.1, 0.15) is 11.5 Å².